The average Bonchev–Trinajstić information content (AvgIpc) is 2.72. The summed E-state index contributed by atoms with van der Waals surface area (Å²) < 4.78 is 9.67. The highest BCUT2D eigenvalue weighted by Crippen LogP contribution is 2.27. The van der Waals surface area contributed by atoms with Crippen LogP contribution >= 0.6 is 16.3 Å². The average molecular weight is 312 g/mol. The van der Waals surface area contributed by atoms with Crippen molar-refractivity contribution in [1.29, 1.82) is 0 Å². The molecule has 0 aliphatic rings. The van der Waals surface area contributed by atoms with E-state index in [2.05, 4.69) is 26.0 Å². The number of hydrogen-bond acceptors (Lipinski definition) is 3. The molecule has 0 saturated carbocycles. The van der Waals surface area contributed by atoms with Gasteiger partial charge < -0.3 is 13.5 Å². The van der Waals surface area contributed by atoms with Gasteiger partial charge >= 0.3 is 5.97 Å². The molecule has 0 atom stereocenters. The van der Waals surface area contributed by atoms with Crippen LogP contribution in [0.15, 0.2) is 18.2 Å². The molecule has 0 amide bonds. The summed E-state index contributed by atoms with van der Waals surface area (Å²) in [6.07, 6.45) is 1.03. The Labute approximate surface area is 114 Å². The van der Waals surface area contributed by atoms with Gasteiger partial charge in [0.15, 0.2) is 16.3 Å². The quantitative estimate of drug-likeness (QED) is 0.882. The number of methoxy groups -OCH3 is 1. The fourth-order valence-corrected chi connectivity index (χ4v) is 2.19. The van der Waals surface area contributed by atoms with E-state index in [-0.39, 0.29) is 5.97 Å². The van der Waals surface area contributed by atoms with Gasteiger partial charge in [-0.2, -0.15) is 0 Å². The molecular weight excluding hydrogens is 298 g/mol. The Morgan fingerprint density at radius 2 is 2.22 bits per heavy atom. The number of carbonyl (C=O) groups is 1. The summed E-state index contributed by atoms with van der Waals surface area (Å²) in [5, 5.41) is 1.10. The minimum atomic E-state index is -0.197. The zero-order valence-electron chi connectivity index (χ0n) is 10.2. The van der Waals surface area contributed by atoms with E-state index in [4.69, 9.17) is 3.83 Å². The zero-order valence-corrected chi connectivity index (χ0v) is 11.8. The van der Waals surface area contributed by atoms with Crippen molar-refractivity contribution in [1.82, 2.24) is 4.98 Å². The highest BCUT2D eigenvalue weighted by atomic mass is 79.9. The number of H-pyrrole nitrogens is 1. The molecule has 1 N–H and O–H groups in total. The number of esters is 1. The van der Waals surface area contributed by atoms with Gasteiger partial charge in [0.1, 0.15) is 5.75 Å². The lowest BCUT2D eigenvalue weighted by Gasteiger charge is -1.99. The van der Waals surface area contributed by atoms with Crippen molar-refractivity contribution >= 4 is 33.1 Å². The number of carbonyl (C=O) groups excluding carboxylic acids is 1. The van der Waals surface area contributed by atoms with E-state index in [1.165, 1.54) is 7.11 Å². The largest absolute Gasteiger partial charge is 0.469 e. The van der Waals surface area contributed by atoms with Crippen molar-refractivity contribution in [2.45, 2.75) is 19.8 Å². The number of aromatic nitrogens is 1. The van der Waals surface area contributed by atoms with E-state index in [1.807, 2.05) is 25.1 Å². The van der Waals surface area contributed by atoms with E-state index < -0.39 is 0 Å². The molecule has 1 aromatic heterocycles. The van der Waals surface area contributed by atoms with Crippen LogP contribution in [0.4, 0.5) is 0 Å². The van der Waals surface area contributed by atoms with Gasteiger partial charge in [-0.25, -0.2) is 0 Å². The minimum absolute atomic E-state index is 0.197. The first-order chi connectivity index (χ1) is 8.65. The monoisotopic (exact) mass is 311 g/mol. The van der Waals surface area contributed by atoms with Crippen molar-refractivity contribution in [3.8, 4) is 5.75 Å². The smallest absolute Gasteiger partial charge is 0.305 e. The maximum Gasteiger partial charge on any atom is 0.305 e. The molecule has 0 spiro atoms. The molecule has 96 valence electrons. The first-order valence-corrected chi connectivity index (χ1v) is 6.27. The van der Waals surface area contributed by atoms with Crippen LogP contribution in [0.1, 0.15) is 17.7 Å². The molecule has 2 rings (SSSR count). The van der Waals surface area contributed by atoms with Gasteiger partial charge in [0.25, 0.3) is 0 Å². The van der Waals surface area contributed by atoms with Crippen LogP contribution in [0.5, 0.6) is 5.75 Å². The summed E-state index contributed by atoms with van der Waals surface area (Å²) in [4.78, 5) is 14.5. The van der Waals surface area contributed by atoms with Crippen LogP contribution in [0, 0.1) is 6.92 Å². The van der Waals surface area contributed by atoms with E-state index in [1.54, 1.807) is 0 Å². The number of fused-ring (bicyclic) bond motifs is 1. The van der Waals surface area contributed by atoms with E-state index >= 15 is 0 Å². The van der Waals surface area contributed by atoms with Gasteiger partial charge in [-0.3, -0.25) is 4.79 Å². The Kier molecular flexibility index (Phi) is 3.91. The Balaban J connectivity index is 2.29. The molecule has 0 saturated heterocycles. The molecule has 0 unspecified atom stereocenters. The second-order valence-electron chi connectivity index (χ2n) is 4.09. The fraction of sp³-hybridized carbons (Fsp3) is 0.308. The minimum Gasteiger partial charge on any atom is -0.469 e. The van der Waals surface area contributed by atoms with Gasteiger partial charge in [0.2, 0.25) is 0 Å². The molecule has 0 aliphatic carbocycles. The predicted octanol–water partition coefficient (Wildman–Crippen LogP) is 3.27. The van der Waals surface area contributed by atoms with Gasteiger partial charge in [-0.05, 0) is 37.1 Å². The zero-order chi connectivity index (χ0) is 13.1. The van der Waals surface area contributed by atoms with Crippen LogP contribution < -0.4 is 3.83 Å². The summed E-state index contributed by atoms with van der Waals surface area (Å²) in [6, 6.07) is 5.79. The molecule has 0 radical (unpaired) electrons. The highest BCUT2D eigenvalue weighted by molar-refractivity contribution is 9.06. The SMILES string of the molecule is COC(=O)CCc1[nH]c2ccc(OBr)cc2c1C. The summed E-state index contributed by atoms with van der Waals surface area (Å²) in [6.45, 7) is 2.03. The first kappa shape index (κ1) is 13.0. The van der Waals surface area contributed by atoms with Gasteiger partial charge in [0.05, 0.1) is 13.5 Å². The van der Waals surface area contributed by atoms with Crippen molar-refractivity contribution in [2.75, 3.05) is 7.11 Å². The number of aryl methyl sites for hydroxylation is 2. The predicted molar refractivity (Wildman–Crippen MR) is 72.9 cm³/mol. The third-order valence-electron chi connectivity index (χ3n) is 3.03. The molecule has 0 bridgehead atoms. The van der Waals surface area contributed by atoms with Gasteiger partial charge in [-0.1, -0.05) is 0 Å². The molecule has 1 heterocycles. The second-order valence-corrected chi connectivity index (χ2v) is 4.41. The lowest BCUT2D eigenvalue weighted by molar-refractivity contribution is -0.140. The Hall–Kier alpha value is -1.49. The van der Waals surface area contributed by atoms with Crippen LogP contribution in [-0.2, 0) is 16.0 Å². The van der Waals surface area contributed by atoms with E-state index in [9.17, 15) is 4.79 Å². The van der Waals surface area contributed by atoms with Crippen LogP contribution in [0.2, 0.25) is 0 Å². The third kappa shape index (κ3) is 2.51. The van der Waals surface area contributed by atoms with E-state index in [0.29, 0.717) is 12.8 Å². The highest BCUT2D eigenvalue weighted by Gasteiger charge is 2.10. The molecule has 4 nitrogen and oxygen atoms in total. The van der Waals surface area contributed by atoms with Crippen molar-refractivity contribution in [3.63, 3.8) is 0 Å². The lowest BCUT2D eigenvalue weighted by atomic mass is 10.1. The normalized spacial score (nSPS) is 10.6. The molecule has 2 aromatic rings. The summed E-state index contributed by atoms with van der Waals surface area (Å²) in [7, 11) is 1.40. The molecular formula is C13H14BrNO3. The number of rotatable bonds is 4. The molecule has 5 heteroatoms. The molecule has 0 aliphatic heterocycles. The van der Waals surface area contributed by atoms with Crippen LogP contribution in [0.25, 0.3) is 10.9 Å². The lowest BCUT2D eigenvalue weighted by Crippen LogP contribution is -2.02. The standard InChI is InChI=1S/C13H14BrNO3/c1-8-10-7-9(18-14)3-4-12(10)15-11(8)5-6-13(16)17-2/h3-4,7,15H,5-6H2,1-2H3. The number of aromatic amines is 1. The Morgan fingerprint density at radius 3 is 2.89 bits per heavy atom. The fourth-order valence-electron chi connectivity index (χ4n) is 1.99. The molecule has 18 heavy (non-hydrogen) atoms. The number of benzene rings is 1. The summed E-state index contributed by atoms with van der Waals surface area (Å²) >= 11 is 2.96. The third-order valence-corrected chi connectivity index (χ3v) is 3.40. The second kappa shape index (κ2) is 5.44. The van der Waals surface area contributed by atoms with Gasteiger partial charge in [-0.15, -0.1) is 0 Å². The van der Waals surface area contributed by atoms with Crippen molar-refractivity contribution in [2.24, 2.45) is 0 Å². The molecule has 0 fully saturated rings. The summed E-state index contributed by atoms with van der Waals surface area (Å²) in [5.74, 6) is 0.557. The van der Waals surface area contributed by atoms with Crippen molar-refractivity contribution in [3.05, 3.63) is 29.5 Å². The number of ether oxygens (including phenoxy) is 1. The van der Waals surface area contributed by atoms with Crippen LogP contribution in [-0.4, -0.2) is 18.1 Å². The maximum absolute atomic E-state index is 11.1. The number of nitrogens with one attached hydrogen (secondary N) is 1. The van der Waals surface area contributed by atoms with Crippen molar-refractivity contribution < 1.29 is 13.4 Å². The van der Waals surface area contributed by atoms with Crippen LogP contribution in [0.3, 0.4) is 0 Å². The number of hydrogen-bond donors (Lipinski definition) is 1. The molecule has 1 aromatic carbocycles. The summed E-state index contributed by atoms with van der Waals surface area (Å²) in [5.41, 5.74) is 3.24. The maximum atomic E-state index is 11.1. The Morgan fingerprint density at radius 1 is 1.44 bits per heavy atom. The Bertz CT molecular complexity index is 577. The number of halogens is 1. The van der Waals surface area contributed by atoms with Gasteiger partial charge in [0, 0.05) is 16.6 Å². The first-order valence-electron chi connectivity index (χ1n) is 5.62. The topological polar surface area (TPSA) is 51.3 Å². The van der Waals surface area contributed by atoms with E-state index in [0.717, 1.165) is 27.9 Å².